The quantitative estimate of drug-likeness (QED) is 0.736. The van der Waals surface area contributed by atoms with Crippen LogP contribution in [0.15, 0.2) is 52.4 Å². The van der Waals surface area contributed by atoms with Crippen LogP contribution in [0.3, 0.4) is 0 Å². The number of morpholine rings is 1. The van der Waals surface area contributed by atoms with Gasteiger partial charge in [0.1, 0.15) is 0 Å². The van der Waals surface area contributed by atoms with E-state index in [9.17, 15) is 8.42 Å². The fourth-order valence-corrected chi connectivity index (χ4v) is 4.17. The molecule has 0 saturated carbocycles. The Balaban J connectivity index is 1.78. The van der Waals surface area contributed by atoms with Gasteiger partial charge in [0.15, 0.2) is 0 Å². The topological polar surface area (TPSA) is 59.0 Å². The number of sulfonamides is 1. The first-order valence-electron chi connectivity index (χ1n) is 7.64. The van der Waals surface area contributed by atoms with E-state index >= 15 is 0 Å². The van der Waals surface area contributed by atoms with Crippen molar-refractivity contribution in [3.05, 3.63) is 58.1 Å². The summed E-state index contributed by atoms with van der Waals surface area (Å²) in [5.74, 6) is 0. The molecule has 0 atom stereocenters. The lowest BCUT2D eigenvalue weighted by molar-refractivity contribution is 0.0730. The van der Waals surface area contributed by atoms with Crippen LogP contribution in [0, 0.1) is 0 Å². The number of rotatable bonds is 4. The average molecular weight is 399 g/mol. The molecule has 1 saturated heterocycles. The Labute approximate surface area is 156 Å². The Hall–Kier alpha value is -1.44. The van der Waals surface area contributed by atoms with E-state index in [-0.39, 0.29) is 4.90 Å². The third-order valence-electron chi connectivity index (χ3n) is 3.78. The van der Waals surface area contributed by atoms with Crippen LogP contribution in [0.5, 0.6) is 0 Å². The molecule has 8 heteroatoms. The molecule has 0 aromatic heterocycles. The van der Waals surface area contributed by atoms with E-state index in [1.54, 1.807) is 48.7 Å². The molecule has 0 spiro atoms. The molecule has 25 heavy (non-hydrogen) atoms. The van der Waals surface area contributed by atoms with Gasteiger partial charge in [-0.1, -0.05) is 35.3 Å². The van der Waals surface area contributed by atoms with Gasteiger partial charge in [-0.25, -0.2) is 8.42 Å². The monoisotopic (exact) mass is 398 g/mol. The minimum Gasteiger partial charge on any atom is -0.379 e. The zero-order valence-electron chi connectivity index (χ0n) is 13.2. The van der Waals surface area contributed by atoms with E-state index in [1.807, 2.05) is 0 Å². The van der Waals surface area contributed by atoms with Gasteiger partial charge >= 0.3 is 0 Å². The maximum Gasteiger partial charge on any atom is 0.243 e. The zero-order valence-corrected chi connectivity index (χ0v) is 15.6. The van der Waals surface area contributed by atoms with Crippen molar-refractivity contribution in [1.29, 1.82) is 0 Å². The molecule has 0 unspecified atom stereocenters. The van der Waals surface area contributed by atoms with Crippen LogP contribution in [-0.4, -0.2) is 45.2 Å². The minimum absolute atomic E-state index is 0.245. The second-order valence-electron chi connectivity index (χ2n) is 5.41. The zero-order chi connectivity index (χ0) is 17.9. The smallest absolute Gasteiger partial charge is 0.243 e. The third kappa shape index (κ3) is 4.22. The molecule has 1 aliphatic rings. The fraction of sp³-hybridized carbons (Fsp3) is 0.235. The van der Waals surface area contributed by atoms with Gasteiger partial charge < -0.3 is 4.74 Å². The van der Waals surface area contributed by atoms with E-state index in [4.69, 9.17) is 27.9 Å². The van der Waals surface area contributed by atoms with Gasteiger partial charge in [0.2, 0.25) is 10.0 Å². The molecular formula is C17H16Cl2N2O3S. The molecule has 132 valence electrons. The molecule has 2 aromatic rings. The number of hydrogen-bond acceptors (Lipinski definition) is 4. The number of aliphatic imine (C=N–C) groups is 1. The summed E-state index contributed by atoms with van der Waals surface area (Å²) in [5, 5.41) is 0.886. The predicted molar refractivity (Wildman–Crippen MR) is 99.7 cm³/mol. The van der Waals surface area contributed by atoms with Crippen LogP contribution in [-0.2, 0) is 14.8 Å². The Morgan fingerprint density at radius 3 is 2.40 bits per heavy atom. The lowest BCUT2D eigenvalue weighted by Crippen LogP contribution is -2.40. The van der Waals surface area contributed by atoms with Crippen molar-refractivity contribution in [3.63, 3.8) is 0 Å². The molecule has 1 aliphatic heterocycles. The standard InChI is InChI=1S/C17H16Cl2N2O3S/c18-16-3-1-2-13(17(16)19)12-20-14-4-6-15(7-5-14)25(22,23)21-8-10-24-11-9-21/h1-7,12H,8-11H2. The fourth-order valence-electron chi connectivity index (χ4n) is 2.40. The summed E-state index contributed by atoms with van der Waals surface area (Å²) in [6.07, 6.45) is 1.60. The van der Waals surface area contributed by atoms with Crippen LogP contribution < -0.4 is 0 Å². The molecule has 5 nitrogen and oxygen atoms in total. The number of ether oxygens (including phenoxy) is 1. The average Bonchev–Trinajstić information content (AvgIpc) is 2.64. The highest BCUT2D eigenvalue weighted by Crippen LogP contribution is 2.25. The second kappa shape index (κ2) is 7.85. The SMILES string of the molecule is O=S(=O)(c1ccc(N=Cc2cccc(Cl)c2Cl)cc1)N1CCOCC1. The van der Waals surface area contributed by atoms with E-state index in [1.165, 1.54) is 4.31 Å². The van der Waals surface area contributed by atoms with E-state index in [0.29, 0.717) is 47.6 Å². The Bertz CT molecular complexity index is 877. The largest absolute Gasteiger partial charge is 0.379 e. The minimum atomic E-state index is -3.50. The van der Waals surface area contributed by atoms with Crippen molar-refractivity contribution in [3.8, 4) is 0 Å². The van der Waals surface area contributed by atoms with Crippen LogP contribution >= 0.6 is 23.2 Å². The van der Waals surface area contributed by atoms with E-state index in [0.717, 1.165) is 0 Å². The van der Waals surface area contributed by atoms with Gasteiger partial charge in [-0.2, -0.15) is 4.31 Å². The Morgan fingerprint density at radius 2 is 1.72 bits per heavy atom. The van der Waals surface area contributed by atoms with Crippen molar-refractivity contribution in [2.45, 2.75) is 4.90 Å². The van der Waals surface area contributed by atoms with Gasteiger partial charge in [0.05, 0.1) is 33.8 Å². The van der Waals surface area contributed by atoms with Gasteiger partial charge in [-0.3, -0.25) is 4.99 Å². The Kier molecular flexibility index (Phi) is 5.76. The molecule has 0 aliphatic carbocycles. The first-order valence-corrected chi connectivity index (χ1v) is 9.84. The van der Waals surface area contributed by atoms with Crippen LogP contribution in [0.4, 0.5) is 5.69 Å². The molecule has 2 aromatic carbocycles. The molecule has 1 heterocycles. The molecule has 0 N–H and O–H groups in total. The van der Waals surface area contributed by atoms with E-state index in [2.05, 4.69) is 4.99 Å². The molecule has 0 radical (unpaired) electrons. The van der Waals surface area contributed by atoms with Gasteiger partial charge in [-0.05, 0) is 30.3 Å². The first-order chi connectivity index (χ1) is 12.0. The highest BCUT2D eigenvalue weighted by Gasteiger charge is 2.25. The summed E-state index contributed by atoms with van der Waals surface area (Å²) in [6, 6.07) is 11.7. The molecule has 1 fully saturated rings. The second-order valence-corrected chi connectivity index (χ2v) is 8.13. The number of nitrogens with zero attached hydrogens (tertiary/aromatic N) is 2. The maximum atomic E-state index is 12.6. The van der Waals surface area contributed by atoms with Crippen LogP contribution in [0.25, 0.3) is 0 Å². The van der Waals surface area contributed by atoms with Gasteiger partial charge in [-0.15, -0.1) is 0 Å². The highest BCUT2D eigenvalue weighted by molar-refractivity contribution is 7.89. The third-order valence-corrected chi connectivity index (χ3v) is 6.53. The maximum absolute atomic E-state index is 12.6. The summed E-state index contributed by atoms with van der Waals surface area (Å²) in [5.41, 5.74) is 1.32. The summed E-state index contributed by atoms with van der Waals surface area (Å²) in [7, 11) is -3.50. The van der Waals surface area contributed by atoms with Crippen molar-refractivity contribution < 1.29 is 13.2 Å². The van der Waals surface area contributed by atoms with Crippen LogP contribution in [0.2, 0.25) is 10.0 Å². The molecule has 3 rings (SSSR count). The first kappa shape index (κ1) is 18.4. The van der Waals surface area contributed by atoms with Crippen molar-refractivity contribution in [2.24, 2.45) is 4.99 Å². The number of benzene rings is 2. The molecule has 0 bridgehead atoms. The summed E-state index contributed by atoms with van der Waals surface area (Å²) >= 11 is 12.1. The summed E-state index contributed by atoms with van der Waals surface area (Å²) in [6.45, 7) is 1.58. The molecule has 0 amide bonds. The van der Waals surface area contributed by atoms with Crippen molar-refractivity contribution >= 4 is 45.1 Å². The summed E-state index contributed by atoms with van der Waals surface area (Å²) < 4.78 is 31.7. The normalized spacial score (nSPS) is 16.4. The van der Waals surface area contributed by atoms with E-state index < -0.39 is 10.0 Å². The van der Waals surface area contributed by atoms with Gasteiger partial charge in [0.25, 0.3) is 0 Å². The lowest BCUT2D eigenvalue weighted by Gasteiger charge is -2.26. The highest BCUT2D eigenvalue weighted by atomic mass is 35.5. The summed E-state index contributed by atoms with van der Waals surface area (Å²) in [4.78, 5) is 4.56. The number of hydrogen-bond donors (Lipinski definition) is 0. The van der Waals surface area contributed by atoms with Crippen molar-refractivity contribution in [1.82, 2.24) is 4.31 Å². The predicted octanol–water partition coefficient (Wildman–Crippen LogP) is 3.76. The van der Waals surface area contributed by atoms with Crippen molar-refractivity contribution in [2.75, 3.05) is 26.3 Å². The van der Waals surface area contributed by atoms with Crippen LogP contribution in [0.1, 0.15) is 5.56 Å². The lowest BCUT2D eigenvalue weighted by atomic mass is 10.2. The number of halogens is 2. The molecular weight excluding hydrogens is 383 g/mol. The Morgan fingerprint density at radius 1 is 1.04 bits per heavy atom. The van der Waals surface area contributed by atoms with Gasteiger partial charge in [0, 0.05) is 24.9 Å².